The van der Waals surface area contributed by atoms with E-state index in [0.717, 1.165) is 17.9 Å². The molecule has 0 fully saturated rings. The Kier molecular flexibility index (Phi) is 4.11. The summed E-state index contributed by atoms with van der Waals surface area (Å²) in [6.07, 6.45) is -0.227. The maximum atomic E-state index is 10.2. The Balaban J connectivity index is 2.12. The van der Waals surface area contributed by atoms with E-state index in [2.05, 4.69) is 15.3 Å². The topological polar surface area (TPSA) is 73.1 Å². The van der Waals surface area contributed by atoms with Crippen LogP contribution in [0.25, 0.3) is 0 Å². The Labute approximate surface area is 112 Å². The minimum absolute atomic E-state index is 0.436. The monoisotopic (exact) mass is 262 g/mol. The Morgan fingerprint density at radius 3 is 2.74 bits per heavy atom. The molecule has 0 aromatic carbocycles. The smallest absolute Gasteiger partial charge is 0.233 e. The minimum atomic E-state index is -0.695. The van der Waals surface area contributed by atoms with Crippen LogP contribution in [0.3, 0.4) is 0 Å². The number of aliphatic hydroxyl groups is 1. The number of nitrogens with zero attached hydrogens (tertiary/aromatic N) is 4. The normalized spacial score (nSPS) is 12.4. The highest BCUT2D eigenvalue weighted by molar-refractivity contribution is 5.16. The van der Waals surface area contributed by atoms with E-state index in [-0.39, 0.29) is 0 Å². The first-order valence-electron chi connectivity index (χ1n) is 6.23. The second-order valence-corrected chi connectivity index (χ2v) is 4.31. The van der Waals surface area contributed by atoms with E-state index in [0.29, 0.717) is 18.0 Å². The van der Waals surface area contributed by atoms with Crippen LogP contribution in [0.15, 0.2) is 18.2 Å². The Bertz CT molecular complexity index is 536. The lowest BCUT2D eigenvalue weighted by molar-refractivity contribution is 0.169. The predicted molar refractivity (Wildman–Crippen MR) is 69.9 cm³/mol. The van der Waals surface area contributed by atoms with Crippen molar-refractivity contribution in [2.45, 2.75) is 32.9 Å². The van der Waals surface area contributed by atoms with Crippen LogP contribution in [0.1, 0.15) is 30.1 Å². The van der Waals surface area contributed by atoms with Crippen LogP contribution < -0.4 is 4.74 Å². The van der Waals surface area contributed by atoms with Crippen LogP contribution in [0.5, 0.6) is 5.88 Å². The fourth-order valence-corrected chi connectivity index (χ4v) is 1.96. The van der Waals surface area contributed by atoms with Crippen molar-refractivity contribution < 1.29 is 9.84 Å². The molecule has 102 valence electrons. The van der Waals surface area contributed by atoms with Gasteiger partial charge in [0.25, 0.3) is 0 Å². The lowest BCUT2D eigenvalue weighted by Gasteiger charge is -2.10. The summed E-state index contributed by atoms with van der Waals surface area (Å²) >= 11 is 0. The number of aliphatic hydroxyl groups excluding tert-OH is 1. The second-order valence-electron chi connectivity index (χ2n) is 4.31. The SMILES string of the molecule is CCn1nc(C)cc1CC(O)c1ccc(OC)nn1. The van der Waals surface area contributed by atoms with E-state index in [1.807, 2.05) is 24.6 Å². The van der Waals surface area contributed by atoms with Gasteiger partial charge in [0.1, 0.15) is 6.10 Å². The van der Waals surface area contributed by atoms with Crippen molar-refractivity contribution in [3.05, 3.63) is 35.3 Å². The minimum Gasteiger partial charge on any atom is -0.480 e. The van der Waals surface area contributed by atoms with Crippen molar-refractivity contribution in [2.24, 2.45) is 0 Å². The second kappa shape index (κ2) is 5.79. The summed E-state index contributed by atoms with van der Waals surface area (Å²) in [7, 11) is 1.53. The Morgan fingerprint density at radius 1 is 1.37 bits per heavy atom. The van der Waals surface area contributed by atoms with Gasteiger partial charge in [-0.15, -0.1) is 10.2 Å². The fraction of sp³-hybridized carbons (Fsp3) is 0.462. The van der Waals surface area contributed by atoms with E-state index >= 15 is 0 Å². The molecule has 0 amide bonds. The van der Waals surface area contributed by atoms with Crippen molar-refractivity contribution in [1.29, 1.82) is 0 Å². The summed E-state index contributed by atoms with van der Waals surface area (Å²) in [5.74, 6) is 0.436. The van der Waals surface area contributed by atoms with Gasteiger partial charge >= 0.3 is 0 Å². The van der Waals surface area contributed by atoms with E-state index < -0.39 is 6.10 Å². The van der Waals surface area contributed by atoms with Gasteiger partial charge in [0.05, 0.1) is 18.5 Å². The Hall–Kier alpha value is -1.95. The summed E-state index contributed by atoms with van der Waals surface area (Å²) in [5, 5.41) is 22.3. The van der Waals surface area contributed by atoms with Gasteiger partial charge in [0.15, 0.2) is 0 Å². The summed E-state index contributed by atoms with van der Waals surface area (Å²) in [6.45, 7) is 4.74. The van der Waals surface area contributed by atoms with Crippen LogP contribution in [-0.2, 0) is 13.0 Å². The number of ether oxygens (including phenoxy) is 1. The van der Waals surface area contributed by atoms with Crippen molar-refractivity contribution in [2.75, 3.05) is 7.11 Å². The van der Waals surface area contributed by atoms with Gasteiger partial charge in [-0.3, -0.25) is 4.68 Å². The Morgan fingerprint density at radius 2 is 2.16 bits per heavy atom. The number of rotatable bonds is 5. The third kappa shape index (κ3) is 3.08. The maximum absolute atomic E-state index is 10.2. The highest BCUT2D eigenvalue weighted by atomic mass is 16.5. The van der Waals surface area contributed by atoms with Crippen molar-refractivity contribution >= 4 is 0 Å². The first-order valence-corrected chi connectivity index (χ1v) is 6.23. The highest BCUT2D eigenvalue weighted by Crippen LogP contribution is 2.18. The quantitative estimate of drug-likeness (QED) is 0.879. The van der Waals surface area contributed by atoms with Crippen LogP contribution in [0.2, 0.25) is 0 Å². The third-order valence-corrected chi connectivity index (χ3v) is 2.90. The first-order chi connectivity index (χ1) is 9.13. The fourth-order valence-electron chi connectivity index (χ4n) is 1.96. The molecule has 0 aliphatic carbocycles. The molecular weight excluding hydrogens is 244 g/mol. The first kappa shape index (κ1) is 13.5. The predicted octanol–water partition coefficient (Wildman–Crippen LogP) is 1.29. The van der Waals surface area contributed by atoms with Crippen LogP contribution in [-0.4, -0.2) is 32.2 Å². The number of hydrogen-bond donors (Lipinski definition) is 1. The molecule has 19 heavy (non-hydrogen) atoms. The molecule has 1 N–H and O–H groups in total. The molecule has 0 aliphatic heterocycles. The summed E-state index contributed by atoms with van der Waals surface area (Å²) < 4.78 is 6.82. The molecule has 0 spiro atoms. The van der Waals surface area contributed by atoms with Crippen molar-refractivity contribution in [1.82, 2.24) is 20.0 Å². The zero-order valence-electron chi connectivity index (χ0n) is 11.4. The molecule has 2 aromatic rings. The van der Waals surface area contributed by atoms with Gasteiger partial charge in [-0.05, 0) is 26.0 Å². The number of hydrogen-bond acceptors (Lipinski definition) is 5. The molecule has 2 rings (SSSR count). The van der Waals surface area contributed by atoms with Crippen LogP contribution in [0, 0.1) is 6.92 Å². The molecule has 6 heteroatoms. The molecule has 1 atom stereocenters. The average Bonchev–Trinajstić information content (AvgIpc) is 2.78. The van der Waals surface area contributed by atoms with Gasteiger partial charge < -0.3 is 9.84 Å². The molecule has 6 nitrogen and oxygen atoms in total. The number of aromatic nitrogens is 4. The van der Waals surface area contributed by atoms with Gasteiger partial charge in [-0.2, -0.15) is 5.10 Å². The van der Waals surface area contributed by atoms with Crippen LogP contribution >= 0.6 is 0 Å². The number of methoxy groups -OCH3 is 1. The summed E-state index contributed by atoms with van der Waals surface area (Å²) in [6, 6.07) is 5.38. The maximum Gasteiger partial charge on any atom is 0.233 e. The molecule has 2 heterocycles. The van der Waals surface area contributed by atoms with Crippen molar-refractivity contribution in [3.8, 4) is 5.88 Å². The largest absolute Gasteiger partial charge is 0.480 e. The van der Waals surface area contributed by atoms with Crippen molar-refractivity contribution in [3.63, 3.8) is 0 Å². The molecule has 0 aliphatic rings. The molecule has 0 bridgehead atoms. The van der Waals surface area contributed by atoms with Gasteiger partial charge in [0.2, 0.25) is 5.88 Å². The third-order valence-electron chi connectivity index (χ3n) is 2.90. The molecule has 1 unspecified atom stereocenters. The van der Waals surface area contributed by atoms with E-state index in [4.69, 9.17) is 4.74 Å². The molecule has 2 aromatic heterocycles. The van der Waals surface area contributed by atoms with Gasteiger partial charge in [-0.1, -0.05) is 0 Å². The highest BCUT2D eigenvalue weighted by Gasteiger charge is 2.14. The number of aryl methyl sites for hydroxylation is 2. The van der Waals surface area contributed by atoms with E-state index in [1.165, 1.54) is 7.11 Å². The lowest BCUT2D eigenvalue weighted by Crippen LogP contribution is -2.10. The zero-order chi connectivity index (χ0) is 13.8. The van der Waals surface area contributed by atoms with E-state index in [9.17, 15) is 5.11 Å². The van der Waals surface area contributed by atoms with E-state index in [1.54, 1.807) is 12.1 Å². The van der Waals surface area contributed by atoms with Gasteiger partial charge in [-0.25, -0.2) is 0 Å². The molecule has 0 radical (unpaired) electrons. The molecule has 0 saturated carbocycles. The standard InChI is InChI=1S/C13H18N4O2/c1-4-17-10(7-9(2)16-17)8-12(18)11-5-6-13(19-3)15-14-11/h5-7,12,18H,4,8H2,1-3H3. The van der Waals surface area contributed by atoms with Crippen LogP contribution in [0.4, 0.5) is 0 Å². The lowest BCUT2D eigenvalue weighted by atomic mass is 10.1. The van der Waals surface area contributed by atoms with Gasteiger partial charge in [0, 0.05) is 24.7 Å². The molecular formula is C13H18N4O2. The zero-order valence-corrected chi connectivity index (χ0v) is 11.4. The summed E-state index contributed by atoms with van der Waals surface area (Å²) in [5.41, 5.74) is 2.47. The summed E-state index contributed by atoms with van der Waals surface area (Å²) in [4.78, 5) is 0. The molecule has 0 saturated heterocycles. The average molecular weight is 262 g/mol.